The molecule has 0 bridgehead atoms. The predicted molar refractivity (Wildman–Crippen MR) is 73.6 cm³/mol. The summed E-state index contributed by atoms with van der Waals surface area (Å²) in [5.41, 5.74) is 1.29. The average molecular weight is 327 g/mol. The molecule has 1 heterocycles. The summed E-state index contributed by atoms with van der Waals surface area (Å²) in [5, 5.41) is 0.499. The van der Waals surface area contributed by atoms with Crippen molar-refractivity contribution in [1.82, 2.24) is 4.98 Å². The first-order valence-corrected chi connectivity index (χ1v) is 6.32. The maximum atomic E-state index is 10.6. The van der Waals surface area contributed by atoms with Gasteiger partial charge in [0.05, 0.1) is 5.02 Å². The molecule has 92 valence electrons. The number of nitrogens with zero attached hydrogens (tertiary/aromatic N) is 1. The Balaban J connectivity index is 2.34. The molecule has 1 aromatic heterocycles. The number of hydrogen-bond donors (Lipinski definition) is 0. The number of hydrogen-bond acceptors (Lipinski definition) is 3. The van der Waals surface area contributed by atoms with E-state index in [1.807, 2.05) is 13.0 Å². The lowest BCUT2D eigenvalue weighted by molar-refractivity contribution is 0.112. The monoisotopic (exact) mass is 325 g/mol. The molecule has 0 aliphatic rings. The smallest absolute Gasteiger partial charge is 0.222 e. The molecule has 0 aliphatic carbocycles. The standard InChI is InChI=1S/C13H9BrClNO2/c1-8-4-9(7-17)6-16-13(8)18-12-5-10(14)2-3-11(12)15/h2-7H,1H3. The number of aldehydes is 1. The summed E-state index contributed by atoms with van der Waals surface area (Å²) in [6.07, 6.45) is 2.21. The fraction of sp³-hybridized carbons (Fsp3) is 0.0769. The molecule has 2 aromatic rings. The second-order valence-electron chi connectivity index (χ2n) is 3.69. The summed E-state index contributed by atoms with van der Waals surface area (Å²) < 4.78 is 6.50. The molecule has 0 amide bonds. The average Bonchev–Trinajstić information content (AvgIpc) is 2.36. The van der Waals surface area contributed by atoms with E-state index < -0.39 is 0 Å². The third-order valence-electron chi connectivity index (χ3n) is 2.29. The van der Waals surface area contributed by atoms with E-state index in [9.17, 15) is 4.79 Å². The lowest BCUT2D eigenvalue weighted by atomic mass is 10.2. The van der Waals surface area contributed by atoms with Gasteiger partial charge < -0.3 is 4.74 Å². The molecule has 0 saturated carbocycles. The van der Waals surface area contributed by atoms with Gasteiger partial charge in [-0.2, -0.15) is 0 Å². The molecule has 0 N–H and O–H groups in total. The highest BCUT2D eigenvalue weighted by atomic mass is 79.9. The SMILES string of the molecule is Cc1cc(C=O)cnc1Oc1cc(Br)ccc1Cl. The number of carbonyl (C=O) groups excluding carboxylic acids is 1. The highest BCUT2D eigenvalue weighted by Gasteiger charge is 2.08. The molecule has 0 radical (unpaired) electrons. The van der Waals surface area contributed by atoms with Gasteiger partial charge in [-0.3, -0.25) is 4.79 Å². The van der Waals surface area contributed by atoms with Crippen LogP contribution in [-0.4, -0.2) is 11.3 Å². The van der Waals surface area contributed by atoms with E-state index in [4.69, 9.17) is 16.3 Å². The molecule has 1 aromatic carbocycles. The van der Waals surface area contributed by atoms with Crippen molar-refractivity contribution in [2.24, 2.45) is 0 Å². The summed E-state index contributed by atoms with van der Waals surface area (Å²) in [4.78, 5) is 14.7. The fourth-order valence-corrected chi connectivity index (χ4v) is 1.91. The molecule has 3 nitrogen and oxygen atoms in total. The van der Waals surface area contributed by atoms with Crippen LogP contribution in [0, 0.1) is 6.92 Å². The van der Waals surface area contributed by atoms with E-state index in [-0.39, 0.29) is 0 Å². The Hall–Kier alpha value is -1.39. The summed E-state index contributed by atoms with van der Waals surface area (Å²) >= 11 is 9.37. The molecule has 0 fully saturated rings. The Morgan fingerprint density at radius 1 is 1.39 bits per heavy atom. The summed E-state index contributed by atoms with van der Waals surface area (Å²) in [7, 11) is 0. The second kappa shape index (κ2) is 5.50. The maximum absolute atomic E-state index is 10.6. The first kappa shape index (κ1) is 13.1. The van der Waals surface area contributed by atoms with E-state index in [2.05, 4.69) is 20.9 Å². The minimum Gasteiger partial charge on any atom is -0.437 e. The molecule has 0 unspecified atom stereocenters. The van der Waals surface area contributed by atoms with Crippen molar-refractivity contribution in [2.45, 2.75) is 6.92 Å². The highest BCUT2D eigenvalue weighted by molar-refractivity contribution is 9.10. The lowest BCUT2D eigenvalue weighted by Gasteiger charge is -2.09. The van der Waals surface area contributed by atoms with Gasteiger partial charge in [0.15, 0.2) is 6.29 Å². The quantitative estimate of drug-likeness (QED) is 0.784. The van der Waals surface area contributed by atoms with E-state index in [0.29, 0.717) is 22.2 Å². The second-order valence-corrected chi connectivity index (χ2v) is 5.01. The third kappa shape index (κ3) is 2.89. The largest absolute Gasteiger partial charge is 0.437 e. The molecular weight excluding hydrogens is 318 g/mol. The summed E-state index contributed by atoms with van der Waals surface area (Å²) in [6, 6.07) is 7.03. The molecular formula is C13H9BrClNO2. The zero-order valence-electron chi connectivity index (χ0n) is 9.48. The van der Waals surface area contributed by atoms with E-state index in [1.165, 1.54) is 6.20 Å². The number of aryl methyl sites for hydroxylation is 1. The van der Waals surface area contributed by atoms with Crippen LogP contribution in [0.1, 0.15) is 15.9 Å². The first-order valence-electron chi connectivity index (χ1n) is 5.15. The Bertz CT molecular complexity index is 602. The van der Waals surface area contributed by atoms with E-state index in [0.717, 1.165) is 16.3 Å². The van der Waals surface area contributed by atoms with Crippen LogP contribution in [-0.2, 0) is 0 Å². The Kier molecular flexibility index (Phi) is 3.99. The van der Waals surface area contributed by atoms with Crippen molar-refractivity contribution in [3.05, 3.63) is 51.1 Å². The molecule has 0 saturated heterocycles. The first-order chi connectivity index (χ1) is 8.60. The minimum atomic E-state index is 0.431. The summed E-state index contributed by atoms with van der Waals surface area (Å²) in [6.45, 7) is 1.82. The van der Waals surface area contributed by atoms with Crippen molar-refractivity contribution < 1.29 is 9.53 Å². The number of rotatable bonds is 3. The van der Waals surface area contributed by atoms with E-state index in [1.54, 1.807) is 18.2 Å². The zero-order chi connectivity index (χ0) is 13.1. The third-order valence-corrected chi connectivity index (χ3v) is 3.09. The van der Waals surface area contributed by atoms with Crippen LogP contribution in [0.5, 0.6) is 11.6 Å². The number of pyridine rings is 1. The molecule has 0 aliphatic heterocycles. The number of ether oxygens (including phenoxy) is 1. The summed E-state index contributed by atoms with van der Waals surface area (Å²) in [5.74, 6) is 0.945. The van der Waals surface area contributed by atoms with Gasteiger partial charge in [-0.15, -0.1) is 0 Å². The van der Waals surface area contributed by atoms with Crippen LogP contribution in [0.25, 0.3) is 0 Å². The number of halogens is 2. The normalized spacial score (nSPS) is 10.2. The minimum absolute atomic E-state index is 0.431. The van der Waals surface area contributed by atoms with Gasteiger partial charge in [0.2, 0.25) is 5.88 Å². The van der Waals surface area contributed by atoms with Gasteiger partial charge in [0.1, 0.15) is 5.75 Å². The van der Waals surface area contributed by atoms with Gasteiger partial charge in [-0.1, -0.05) is 27.5 Å². The maximum Gasteiger partial charge on any atom is 0.222 e. The van der Waals surface area contributed by atoms with Crippen molar-refractivity contribution in [2.75, 3.05) is 0 Å². The van der Waals surface area contributed by atoms with Crippen LogP contribution in [0.3, 0.4) is 0 Å². The molecule has 5 heteroatoms. The Morgan fingerprint density at radius 2 is 2.17 bits per heavy atom. The van der Waals surface area contributed by atoms with Crippen LogP contribution in [0.2, 0.25) is 5.02 Å². The number of benzene rings is 1. The van der Waals surface area contributed by atoms with Crippen LogP contribution in [0.4, 0.5) is 0 Å². The molecule has 18 heavy (non-hydrogen) atoms. The zero-order valence-corrected chi connectivity index (χ0v) is 11.8. The topological polar surface area (TPSA) is 39.2 Å². The molecule has 0 atom stereocenters. The number of carbonyl (C=O) groups is 1. The van der Waals surface area contributed by atoms with Crippen molar-refractivity contribution >= 4 is 33.8 Å². The molecule has 0 spiro atoms. The van der Waals surface area contributed by atoms with Crippen LogP contribution in [0.15, 0.2) is 34.9 Å². The Morgan fingerprint density at radius 3 is 2.83 bits per heavy atom. The lowest BCUT2D eigenvalue weighted by Crippen LogP contribution is -1.94. The van der Waals surface area contributed by atoms with Gasteiger partial charge in [0.25, 0.3) is 0 Å². The molecule has 2 rings (SSSR count). The highest BCUT2D eigenvalue weighted by Crippen LogP contribution is 2.32. The van der Waals surface area contributed by atoms with E-state index >= 15 is 0 Å². The van der Waals surface area contributed by atoms with Gasteiger partial charge in [-0.05, 0) is 31.2 Å². The van der Waals surface area contributed by atoms with Crippen LogP contribution >= 0.6 is 27.5 Å². The van der Waals surface area contributed by atoms with Crippen molar-refractivity contribution in [3.8, 4) is 11.6 Å². The van der Waals surface area contributed by atoms with Gasteiger partial charge >= 0.3 is 0 Å². The van der Waals surface area contributed by atoms with Crippen LogP contribution < -0.4 is 4.74 Å². The Labute approximate surface area is 118 Å². The van der Waals surface area contributed by atoms with Crippen molar-refractivity contribution in [1.29, 1.82) is 0 Å². The van der Waals surface area contributed by atoms with Gasteiger partial charge in [-0.25, -0.2) is 4.98 Å². The van der Waals surface area contributed by atoms with Gasteiger partial charge in [0, 0.05) is 21.8 Å². The number of aromatic nitrogens is 1. The predicted octanol–water partition coefficient (Wildman–Crippen LogP) is 4.41. The fourth-order valence-electron chi connectivity index (χ4n) is 1.41. The van der Waals surface area contributed by atoms with Crippen molar-refractivity contribution in [3.63, 3.8) is 0 Å².